The molecule has 1 heterocycles. The van der Waals surface area contributed by atoms with Gasteiger partial charge in [-0.15, -0.1) is 11.8 Å². The van der Waals surface area contributed by atoms with Crippen LogP contribution in [0, 0.1) is 11.3 Å². The molecule has 2 rings (SSSR count). The van der Waals surface area contributed by atoms with Gasteiger partial charge in [0.1, 0.15) is 12.1 Å². The van der Waals surface area contributed by atoms with Crippen LogP contribution in [0.25, 0.3) is 0 Å². The SMILES string of the molecule is C/C(=C\[C@H](C(C)C)N(C)C(=O)[C@H](NC(=O)[C@H]1N(C)[C@H](c2ccccc2)SC1(C)C)C(C)(C)C)C(=O)O. The van der Waals surface area contributed by atoms with E-state index in [9.17, 15) is 19.5 Å². The summed E-state index contributed by atoms with van der Waals surface area (Å²) >= 11 is 1.74. The fourth-order valence-corrected chi connectivity index (χ4v) is 6.34. The Morgan fingerprint density at radius 2 is 1.72 bits per heavy atom. The van der Waals surface area contributed by atoms with E-state index < -0.39 is 29.5 Å². The Balaban J connectivity index is 2.34. The van der Waals surface area contributed by atoms with E-state index in [2.05, 4.69) is 36.2 Å². The van der Waals surface area contributed by atoms with E-state index in [4.69, 9.17) is 0 Å². The van der Waals surface area contributed by atoms with Gasteiger partial charge in [-0.25, -0.2) is 4.79 Å². The summed E-state index contributed by atoms with van der Waals surface area (Å²) in [5.41, 5.74) is 0.765. The molecule has 0 bridgehead atoms. The quantitative estimate of drug-likeness (QED) is 0.492. The van der Waals surface area contributed by atoms with Gasteiger partial charge in [-0.3, -0.25) is 14.5 Å². The summed E-state index contributed by atoms with van der Waals surface area (Å²) in [6.07, 6.45) is 1.61. The zero-order valence-corrected chi connectivity index (χ0v) is 24.1. The van der Waals surface area contributed by atoms with E-state index in [1.165, 1.54) is 6.92 Å². The second-order valence-electron chi connectivity index (χ2n) is 11.7. The van der Waals surface area contributed by atoms with Crippen LogP contribution in [0.5, 0.6) is 0 Å². The Kier molecular flexibility index (Phi) is 9.46. The van der Waals surface area contributed by atoms with Gasteiger partial charge in [0.25, 0.3) is 0 Å². The molecule has 200 valence electrons. The number of nitrogens with one attached hydrogen (secondary N) is 1. The molecule has 2 N–H and O–H groups in total. The molecule has 0 aliphatic carbocycles. The van der Waals surface area contributed by atoms with Gasteiger partial charge in [0.05, 0.1) is 11.4 Å². The number of carbonyl (C=O) groups is 3. The molecule has 0 spiro atoms. The minimum Gasteiger partial charge on any atom is -0.478 e. The second kappa shape index (κ2) is 11.4. The molecule has 7 nitrogen and oxygen atoms in total. The van der Waals surface area contributed by atoms with E-state index in [0.29, 0.717) is 0 Å². The highest BCUT2D eigenvalue weighted by atomic mass is 32.2. The van der Waals surface area contributed by atoms with Crippen LogP contribution in [0.15, 0.2) is 42.0 Å². The van der Waals surface area contributed by atoms with E-state index >= 15 is 0 Å². The zero-order valence-electron chi connectivity index (χ0n) is 23.3. The Morgan fingerprint density at radius 1 is 1.17 bits per heavy atom. The van der Waals surface area contributed by atoms with E-state index in [1.54, 1.807) is 29.8 Å². The van der Waals surface area contributed by atoms with E-state index in [1.807, 2.05) is 59.9 Å². The molecule has 4 atom stereocenters. The van der Waals surface area contributed by atoms with Crippen molar-refractivity contribution < 1.29 is 19.5 Å². The van der Waals surface area contributed by atoms with Crippen molar-refractivity contribution >= 4 is 29.5 Å². The first-order valence-electron chi connectivity index (χ1n) is 12.4. The van der Waals surface area contributed by atoms with Gasteiger partial charge >= 0.3 is 5.97 Å². The summed E-state index contributed by atoms with van der Waals surface area (Å²) < 4.78 is -0.376. The van der Waals surface area contributed by atoms with Crippen LogP contribution >= 0.6 is 11.8 Å². The molecule has 1 aromatic carbocycles. The molecule has 2 amide bonds. The Bertz CT molecular complexity index is 984. The van der Waals surface area contributed by atoms with Gasteiger partial charge in [-0.1, -0.05) is 71.0 Å². The van der Waals surface area contributed by atoms with Gasteiger partial charge in [0, 0.05) is 17.4 Å². The third kappa shape index (κ3) is 6.71. The number of hydrogen-bond donors (Lipinski definition) is 2. The van der Waals surface area contributed by atoms with Crippen molar-refractivity contribution in [2.24, 2.45) is 11.3 Å². The third-order valence-corrected chi connectivity index (χ3v) is 8.48. The number of thioether (sulfide) groups is 1. The van der Waals surface area contributed by atoms with Gasteiger partial charge in [0.15, 0.2) is 0 Å². The molecule has 0 aromatic heterocycles. The maximum Gasteiger partial charge on any atom is 0.331 e. The fourth-order valence-electron chi connectivity index (χ4n) is 4.78. The predicted molar refractivity (Wildman–Crippen MR) is 147 cm³/mol. The first kappa shape index (κ1) is 29.9. The largest absolute Gasteiger partial charge is 0.478 e. The average Bonchev–Trinajstić information content (AvgIpc) is 3.02. The maximum absolute atomic E-state index is 13.8. The standard InChI is InChI=1S/C28H43N3O4S/c1-17(2)20(16-18(3)26(34)35)30(9)24(33)21(27(4,5)6)29-23(32)22-28(7,8)36-25(31(22)10)19-14-12-11-13-15-19/h11-17,20-22,25H,1-10H3,(H,29,32)(H,34,35)/b18-16+/t20-,21+,22-,25+/m1/s1. The highest BCUT2D eigenvalue weighted by Gasteiger charge is 2.51. The molecule has 0 radical (unpaired) electrons. The molecule has 0 unspecified atom stereocenters. The normalized spacial score (nSPS) is 22.2. The first-order valence-corrected chi connectivity index (χ1v) is 13.3. The van der Waals surface area contributed by atoms with Crippen LogP contribution in [0.3, 0.4) is 0 Å². The molecule has 0 saturated carbocycles. The molecule has 1 aliphatic heterocycles. The zero-order chi connectivity index (χ0) is 27.6. The number of aliphatic carboxylic acids is 1. The summed E-state index contributed by atoms with van der Waals surface area (Å²) in [5, 5.41) is 12.5. The van der Waals surface area contributed by atoms with Gasteiger partial charge in [0.2, 0.25) is 11.8 Å². The topological polar surface area (TPSA) is 90.0 Å². The lowest BCUT2D eigenvalue weighted by Crippen LogP contribution is -2.60. The summed E-state index contributed by atoms with van der Waals surface area (Å²) in [7, 11) is 3.63. The number of likely N-dealkylation sites (N-methyl/N-ethyl adjacent to an activating group) is 2. The predicted octanol–water partition coefficient (Wildman–Crippen LogP) is 4.56. The number of carbonyl (C=O) groups excluding carboxylic acids is 2. The Morgan fingerprint density at radius 3 is 2.19 bits per heavy atom. The monoisotopic (exact) mass is 517 g/mol. The van der Waals surface area contributed by atoms with E-state index in [0.717, 1.165) is 5.56 Å². The Hall–Kier alpha value is -2.32. The molecule has 36 heavy (non-hydrogen) atoms. The highest BCUT2D eigenvalue weighted by Crippen LogP contribution is 2.51. The van der Waals surface area contributed by atoms with Crippen molar-refractivity contribution in [3.63, 3.8) is 0 Å². The molecule has 8 heteroatoms. The smallest absolute Gasteiger partial charge is 0.331 e. The van der Waals surface area contributed by atoms with Crippen molar-refractivity contribution in [1.82, 2.24) is 15.1 Å². The minimum absolute atomic E-state index is 0.00695. The lowest BCUT2D eigenvalue weighted by atomic mass is 9.84. The number of benzene rings is 1. The van der Waals surface area contributed by atoms with Crippen LogP contribution in [0.2, 0.25) is 0 Å². The number of amides is 2. The molecule has 1 aromatic rings. The summed E-state index contributed by atoms with van der Waals surface area (Å²) in [6.45, 7) is 15.3. The summed E-state index contributed by atoms with van der Waals surface area (Å²) in [5.74, 6) is -1.45. The maximum atomic E-state index is 13.8. The van der Waals surface area contributed by atoms with Gasteiger partial charge < -0.3 is 15.3 Å². The van der Waals surface area contributed by atoms with Crippen molar-refractivity contribution in [3.05, 3.63) is 47.5 Å². The van der Waals surface area contributed by atoms with E-state index in [-0.39, 0.29) is 33.4 Å². The number of rotatable bonds is 8. The molecular formula is C28H43N3O4S. The van der Waals surface area contributed by atoms with Crippen molar-refractivity contribution in [2.45, 2.75) is 83.6 Å². The van der Waals surface area contributed by atoms with Crippen LogP contribution in [-0.2, 0) is 14.4 Å². The first-order chi connectivity index (χ1) is 16.5. The molecule has 1 saturated heterocycles. The van der Waals surface area contributed by atoms with Crippen LogP contribution in [0.4, 0.5) is 0 Å². The number of hydrogen-bond acceptors (Lipinski definition) is 5. The number of carboxylic acids is 1. The number of carboxylic acid groups (broad SMARTS) is 1. The average molecular weight is 518 g/mol. The van der Waals surface area contributed by atoms with Gasteiger partial charge in [-0.2, -0.15) is 0 Å². The van der Waals surface area contributed by atoms with Crippen LogP contribution in [-0.4, -0.2) is 69.7 Å². The summed E-state index contributed by atoms with van der Waals surface area (Å²) in [6, 6.07) is 8.48. The lowest BCUT2D eigenvalue weighted by Gasteiger charge is -2.39. The third-order valence-electron chi connectivity index (χ3n) is 6.82. The summed E-state index contributed by atoms with van der Waals surface area (Å²) in [4.78, 5) is 42.6. The minimum atomic E-state index is -1.01. The molecular weight excluding hydrogens is 474 g/mol. The molecule has 1 fully saturated rings. The number of nitrogens with zero attached hydrogens (tertiary/aromatic N) is 2. The fraction of sp³-hybridized carbons (Fsp3) is 0.607. The van der Waals surface area contributed by atoms with Crippen LogP contribution < -0.4 is 5.32 Å². The highest BCUT2D eigenvalue weighted by molar-refractivity contribution is 8.01. The molecule has 1 aliphatic rings. The second-order valence-corrected chi connectivity index (χ2v) is 13.4. The van der Waals surface area contributed by atoms with Crippen LogP contribution in [0.1, 0.15) is 66.3 Å². The Labute approximate surface area is 220 Å². The van der Waals surface area contributed by atoms with Crippen molar-refractivity contribution in [3.8, 4) is 0 Å². The van der Waals surface area contributed by atoms with Gasteiger partial charge in [-0.05, 0) is 44.7 Å². The van der Waals surface area contributed by atoms with Crippen molar-refractivity contribution in [2.75, 3.05) is 14.1 Å². The lowest BCUT2D eigenvalue weighted by molar-refractivity contribution is -0.141. The van der Waals surface area contributed by atoms with Crippen molar-refractivity contribution in [1.29, 1.82) is 0 Å².